The van der Waals surface area contributed by atoms with E-state index in [1.54, 1.807) is 24.3 Å². The molecule has 2 aliphatic rings. The zero-order valence-electron chi connectivity index (χ0n) is 19.5. The SMILES string of the molecule is O=C(Nc1ccc(OCC2CCCN3CCCCC23)cc1)c1ccc(Oc2ccccc2)cc1. The summed E-state index contributed by atoms with van der Waals surface area (Å²) in [5, 5.41) is 2.96. The van der Waals surface area contributed by atoms with Gasteiger partial charge >= 0.3 is 0 Å². The van der Waals surface area contributed by atoms with Gasteiger partial charge < -0.3 is 14.8 Å². The summed E-state index contributed by atoms with van der Waals surface area (Å²) in [6, 6.07) is 25.1. The van der Waals surface area contributed by atoms with Gasteiger partial charge in [0.25, 0.3) is 5.91 Å². The van der Waals surface area contributed by atoms with Gasteiger partial charge in [-0.05, 0) is 99.4 Å². The molecule has 0 aromatic heterocycles. The average molecular weight is 457 g/mol. The van der Waals surface area contributed by atoms with Crippen LogP contribution in [-0.4, -0.2) is 36.5 Å². The number of hydrogen-bond acceptors (Lipinski definition) is 4. The highest BCUT2D eigenvalue weighted by molar-refractivity contribution is 6.04. The molecule has 2 aliphatic heterocycles. The van der Waals surface area contributed by atoms with Crippen molar-refractivity contribution in [3.63, 3.8) is 0 Å². The fraction of sp³-hybridized carbons (Fsp3) is 0.345. The first kappa shape index (κ1) is 22.5. The molecule has 1 amide bonds. The molecule has 5 nitrogen and oxygen atoms in total. The van der Waals surface area contributed by atoms with E-state index in [1.165, 1.54) is 45.2 Å². The minimum absolute atomic E-state index is 0.153. The topological polar surface area (TPSA) is 50.8 Å². The standard InChI is InChI=1S/C29H32N2O3/c32-29(22-11-15-27(16-12-22)34-26-8-2-1-3-9-26)30-24-13-17-25(18-14-24)33-21-23-7-6-20-31-19-5-4-10-28(23)31/h1-3,8-9,11-18,23,28H,4-7,10,19-21H2,(H,30,32). The number of para-hydroxylation sites is 1. The van der Waals surface area contributed by atoms with Gasteiger partial charge in [0.2, 0.25) is 0 Å². The number of nitrogens with one attached hydrogen (secondary N) is 1. The van der Waals surface area contributed by atoms with Gasteiger partial charge in [-0.25, -0.2) is 0 Å². The molecule has 2 unspecified atom stereocenters. The van der Waals surface area contributed by atoms with E-state index in [0.29, 0.717) is 23.3 Å². The molecule has 0 aliphatic carbocycles. The van der Waals surface area contributed by atoms with Crippen molar-refractivity contribution in [2.24, 2.45) is 5.92 Å². The molecule has 5 rings (SSSR count). The predicted molar refractivity (Wildman–Crippen MR) is 135 cm³/mol. The third-order valence-corrected chi connectivity index (χ3v) is 6.90. The van der Waals surface area contributed by atoms with Crippen molar-refractivity contribution < 1.29 is 14.3 Å². The molecule has 2 heterocycles. The Labute approximate surface area is 201 Å². The van der Waals surface area contributed by atoms with Crippen molar-refractivity contribution in [2.45, 2.75) is 38.1 Å². The number of rotatable bonds is 7. The van der Waals surface area contributed by atoms with E-state index in [4.69, 9.17) is 9.47 Å². The van der Waals surface area contributed by atoms with E-state index in [0.717, 1.165) is 23.8 Å². The Morgan fingerprint density at radius 3 is 2.29 bits per heavy atom. The Bertz CT molecular complexity index is 1060. The second kappa shape index (κ2) is 10.7. The van der Waals surface area contributed by atoms with Crippen LogP contribution < -0.4 is 14.8 Å². The number of ether oxygens (including phenoxy) is 2. The molecule has 3 aromatic rings. The second-order valence-corrected chi connectivity index (χ2v) is 9.23. The summed E-state index contributed by atoms with van der Waals surface area (Å²) in [6.45, 7) is 3.26. The van der Waals surface area contributed by atoms with Crippen molar-refractivity contribution >= 4 is 11.6 Å². The molecule has 34 heavy (non-hydrogen) atoms. The summed E-state index contributed by atoms with van der Waals surface area (Å²) in [4.78, 5) is 15.3. The van der Waals surface area contributed by atoms with Gasteiger partial charge in [0.05, 0.1) is 6.61 Å². The molecule has 0 bridgehead atoms. The lowest BCUT2D eigenvalue weighted by atomic mass is 9.84. The Hall–Kier alpha value is -3.31. The number of amides is 1. The van der Waals surface area contributed by atoms with Crippen LogP contribution in [0, 0.1) is 5.92 Å². The third-order valence-electron chi connectivity index (χ3n) is 6.90. The van der Waals surface area contributed by atoms with E-state index in [9.17, 15) is 4.79 Å². The number of hydrogen-bond donors (Lipinski definition) is 1. The quantitative estimate of drug-likeness (QED) is 0.449. The third kappa shape index (κ3) is 5.60. The summed E-state index contributed by atoms with van der Waals surface area (Å²) in [6.07, 6.45) is 6.51. The number of carbonyl (C=O) groups excluding carboxylic acids is 1. The Kier molecular flexibility index (Phi) is 7.10. The Morgan fingerprint density at radius 1 is 0.794 bits per heavy atom. The molecule has 2 atom stereocenters. The second-order valence-electron chi connectivity index (χ2n) is 9.23. The zero-order valence-corrected chi connectivity index (χ0v) is 19.5. The number of nitrogens with zero attached hydrogens (tertiary/aromatic N) is 1. The molecule has 176 valence electrons. The first-order valence-electron chi connectivity index (χ1n) is 12.4. The number of piperidine rings is 2. The smallest absolute Gasteiger partial charge is 0.255 e. The fourth-order valence-electron chi connectivity index (χ4n) is 5.11. The summed E-state index contributed by atoms with van der Waals surface area (Å²) in [7, 11) is 0. The minimum Gasteiger partial charge on any atom is -0.493 e. The molecular weight excluding hydrogens is 424 g/mol. The molecule has 0 radical (unpaired) electrons. The van der Waals surface area contributed by atoms with E-state index in [1.807, 2.05) is 54.6 Å². The lowest BCUT2D eigenvalue weighted by Crippen LogP contribution is -2.49. The van der Waals surface area contributed by atoms with Crippen LogP contribution in [0.3, 0.4) is 0 Å². The summed E-state index contributed by atoms with van der Waals surface area (Å²) in [5.41, 5.74) is 1.33. The molecule has 1 N–H and O–H groups in total. The van der Waals surface area contributed by atoms with Gasteiger partial charge in [0.1, 0.15) is 17.2 Å². The molecule has 0 saturated carbocycles. The van der Waals surface area contributed by atoms with Crippen LogP contribution in [0.25, 0.3) is 0 Å². The Balaban J connectivity index is 1.12. The summed E-state index contributed by atoms with van der Waals surface area (Å²) >= 11 is 0. The molecule has 2 saturated heterocycles. The number of fused-ring (bicyclic) bond motifs is 1. The largest absolute Gasteiger partial charge is 0.493 e. The van der Waals surface area contributed by atoms with E-state index >= 15 is 0 Å². The van der Waals surface area contributed by atoms with Gasteiger partial charge in [-0.2, -0.15) is 0 Å². The van der Waals surface area contributed by atoms with E-state index < -0.39 is 0 Å². The summed E-state index contributed by atoms with van der Waals surface area (Å²) in [5.74, 6) is 2.77. The summed E-state index contributed by atoms with van der Waals surface area (Å²) < 4.78 is 11.9. The maximum atomic E-state index is 12.6. The fourth-order valence-corrected chi connectivity index (χ4v) is 5.11. The van der Waals surface area contributed by atoms with Crippen molar-refractivity contribution in [2.75, 3.05) is 25.0 Å². The van der Waals surface area contributed by atoms with Crippen LogP contribution in [0.5, 0.6) is 17.2 Å². The zero-order chi connectivity index (χ0) is 23.2. The Morgan fingerprint density at radius 2 is 1.50 bits per heavy atom. The van der Waals surface area contributed by atoms with Crippen LogP contribution >= 0.6 is 0 Å². The molecule has 3 aromatic carbocycles. The van der Waals surface area contributed by atoms with Crippen LogP contribution in [-0.2, 0) is 0 Å². The van der Waals surface area contributed by atoms with Crippen molar-refractivity contribution in [1.82, 2.24) is 4.90 Å². The highest BCUT2D eigenvalue weighted by Crippen LogP contribution is 2.31. The maximum Gasteiger partial charge on any atom is 0.255 e. The van der Waals surface area contributed by atoms with Crippen molar-refractivity contribution in [3.8, 4) is 17.2 Å². The predicted octanol–water partition coefficient (Wildman–Crippen LogP) is 6.37. The maximum absolute atomic E-state index is 12.6. The first-order chi connectivity index (χ1) is 16.7. The average Bonchev–Trinajstić information content (AvgIpc) is 2.89. The number of benzene rings is 3. The minimum atomic E-state index is -0.153. The lowest BCUT2D eigenvalue weighted by Gasteiger charge is -2.44. The van der Waals surface area contributed by atoms with Gasteiger partial charge in [0, 0.05) is 23.2 Å². The van der Waals surface area contributed by atoms with Gasteiger partial charge in [-0.15, -0.1) is 0 Å². The van der Waals surface area contributed by atoms with E-state index in [2.05, 4.69) is 10.2 Å². The van der Waals surface area contributed by atoms with Crippen molar-refractivity contribution in [3.05, 3.63) is 84.4 Å². The van der Waals surface area contributed by atoms with Crippen LogP contribution in [0.1, 0.15) is 42.5 Å². The van der Waals surface area contributed by atoms with Crippen LogP contribution in [0.15, 0.2) is 78.9 Å². The van der Waals surface area contributed by atoms with Crippen LogP contribution in [0.2, 0.25) is 0 Å². The number of anilines is 1. The van der Waals surface area contributed by atoms with Gasteiger partial charge in [-0.1, -0.05) is 24.6 Å². The van der Waals surface area contributed by atoms with Crippen LogP contribution in [0.4, 0.5) is 5.69 Å². The highest BCUT2D eigenvalue weighted by atomic mass is 16.5. The normalized spacial score (nSPS) is 20.2. The first-order valence-corrected chi connectivity index (χ1v) is 12.4. The van der Waals surface area contributed by atoms with Crippen molar-refractivity contribution in [1.29, 1.82) is 0 Å². The number of carbonyl (C=O) groups is 1. The van der Waals surface area contributed by atoms with E-state index in [-0.39, 0.29) is 5.91 Å². The van der Waals surface area contributed by atoms with Gasteiger partial charge in [-0.3, -0.25) is 9.69 Å². The van der Waals surface area contributed by atoms with Gasteiger partial charge in [0.15, 0.2) is 0 Å². The molecule has 0 spiro atoms. The monoisotopic (exact) mass is 456 g/mol. The molecule has 2 fully saturated rings. The lowest BCUT2D eigenvalue weighted by molar-refractivity contribution is 0.0366. The molecule has 5 heteroatoms. The highest BCUT2D eigenvalue weighted by Gasteiger charge is 2.33. The molecular formula is C29H32N2O3.